The molecular weight excluding hydrogens is 404 g/mol. The number of nitrogens with two attached hydrogens (primary N) is 1. The molecule has 148 valence electrons. The Kier molecular flexibility index (Phi) is 5.17. The van der Waals surface area contributed by atoms with E-state index in [1.807, 2.05) is 30.3 Å². The summed E-state index contributed by atoms with van der Waals surface area (Å²) in [5.41, 5.74) is 6.98. The smallest absolute Gasteiger partial charge is 0.192 e. The van der Waals surface area contributed by atoms with E-state index >= 15 is 0 Å². The van der Waals surface area contributed by atoms with Gasteiger partial charge in [0.2, 0.25) is 0 Å². The van der Waals surface area contributed by atoms with E-state index in [1.165, 1.54) is 0 Å². The maximum Gasteiger partial charge on any atom is 0.192 e. The Balaban J connectivity index is 1.42. The number of fused-ring (bicyclic) bond motifs is 1. The molecule has 4 heterocycles. The second-order valence-corrected chi connectivity index (χ2v) is 8.75. The zero-order valence-electron chi connectivity index (χ0n) is 15.7. The quantitative estimate of drug-likeness (QED) is 0.468. The van der Waals surface area contributed by atoms with Gasteiger partial charge in [-0.25, -0.2) is 9.97 Å². The molecule has 9 heteroatoms. The zero-order chi connectivity index (χ0) is 19.6. The van der Waals surface area contributed by atoms with Gasteiger partial charge in [0.05, 0.1) is 28.8 Å². The number of thiophene rings is 1. The Labute approximate surface area is 176 Å². The van der Waals surface area contributed by atoms with Gasteiger partial charge in [-0.15, -0.1) is 21.5 Å². The molecule has 5 rings (SSSR count). The molecule has 0 amide bonds. The molecule has 0 bridgehead atoms. The number of thioether (sulfide) groups is 1. The minimum atomic E-state index is 0.205. The molecule has 0 spiro atoms. The third kappa shape index (κ3) is 3.85. The fourth-order valence-electron chi connectivity index (χ4n) is 3.48. The first-order valence-electron chi connectivity index (χ1n) is 9.50. The third-order valence-corrected chi connectivity index (χ3v) is 6.71. The highest BCUT2D eigenvalue weighted by Crippen LogP contribution is 2.30. The summed E-state index contributed by atoms with van der Waals surface area (Å²) in [5.74, 6) is 2.65. The van der Waals surface area contributed by atoms with Crippen LogP contribution in [0, 0.1) is 0 Å². The average molecular weight is 425 g/mol. The molecule has 3 aromatic heterocycles. The number of rotatable bonds is 6. The Hall–Kier alpha value is -2.49. The van der Waals surface area contributed by atoms with Crippen molar-refractivity contribution in [3.8, 4) is 10.7 Å². The van der Waals surface area contributed by atoms with Crippen molar-refractivity contribution in [2.24, 2.45) is 0 Å². The summed E-state index contributed by atoms with van der Waals surface area (Å²) >= 11 is 3.24. The molecule has 0 saturated carbocycles. The van der Waals surface area contributed by atoms with Crippen LogP contribution in [0.3, 0.4) is 0 Å². The molecule has 1 atom stereocenters. The van der Waals surface area contributed by atoms with E-state index < -0.39 is 0 Å². The molecule has 0 radical (unpaired) electrons. The van der Waals surface area contributed by atoms with Crippen LogP contribution in [-0.2, 0) is 17.0 Å². The highest BCUT2D eigenvalue weighted by atomic mass is 32.2. The molecular formula is C20H20N6OS2. The van der Waals surface area contributed by atoms with Crippen LogP contribution in [0.5, 0.6) is 0 Å². The molecule has 1 aromatic carbocycles. The number of nitrogens with zero attached hydrogens (tertiary/aromatic N) is 5. The highest BCUT2D eigenvalue weighted by molar-refractivity contribution is 7.98. The van der Waals surface area contributed by atoms with Gasteiger partial charge < -0.3 is 10.5 Å². The lowest BCUT2D eigenvalue weighted by atomic mass is 10.2. The van der Waals surface area contributed by atoms with E-state index in [4.69, 9.17) is 10.5 Å². The van der Waals surface area contributed by atoms with E-state index in [-0.39, 0.29) is 6.10 Å². The predicted octanol–water partition coefficient (Wildman–Crippen LogP) is 4.00. The maximum absolute atomic E-state index is 6.12. The minimum Gasteiger partial charge on any atom is -0.383 e. The van der Waals surface area contributed by atoms with Crippen LogP contribution in [0.25, 0.3) is 21.6 Å². The number of ether oxygens (including phenoxy) is 1. The Morgan fingerprint density at radius 3 is 2.93 bits per heavy atom. The van der Waals surface area contributed by atoms with E-state index in [2.05, 4.69) is 36.2 Å². The molecule has 1 aliphatic rings. The molecule has 1 unspecified atom stereocenters. The summed E-state index contributed by atoms with van der Waals surface area (Å²) in [6, 6.07) is 11.9. The highest BCUT2D eigenvalue weighted by Gasteiger charge is 2.22. The number of para-hydroxylation sites is 1. The Morgan fingerprint density at radius 1 is 1.17 bits per heavy atom. The molecule has 4 aromatic rings. The molecule has 29 heavy (non-hydrogen) atoms. The van der Waals surface area contributed by atoms with Crippen molar-refractivity contribution in [1.29, 1.82) is 0 Å². The van der Waals surface area contributed by atoms with Gasteiger partial charge in [0.25, 0.3) is 0 Å². The largest absolute Gasteiger partial charge is 0.383 e. The second kappa shape index (κ2) is 8.10. The average Bonchev–Trinajstić information content (AvgIpc) is 3.49. The fourth-order valence-corrected chi connectivity index (χ4v) is 5.00. The lowest BCUT2D eigenvalue weighted by molar-refractivity contribution is 0.0953. The van der Waals surface area contributed by atoms with Crippen LogP contribution in [0.2, 0.25) is 0 Å². The summed E-state index contributed by atoms with van der Waals surface area (Å²) in [4.78, 5) is 10.2. The van der Waals surface area contributed by atoms with Crippen LogP contribution in [0.1, 0.15) is 18.7 Å². The minimum absolute atomic E-state index is 0.205. The zero-order valence-corrected chi connectivity index (χ0v) is 17.3. The van der Waals surface area contributed by atoms with Crippen molar-refractivity contribution >= 4 is 39.8 Å². The normalized spacial score (nSPS) is 16.6. The summed E-state index contributed by atoms with van der Waals surface area (Å²) < 4.78 is 8.02. The molecule has 1 aliphatic heterocycles. The van der Waals surface area contributed by atoms with Crippen LogP contribution >= 0.6 is 23.1 Å². The molecule has 1 fully saturated rings. The second-order valence-electron chi connectivity index (χ2n) is 6.86. The molecule has 2 N–H and O–H groups in total. The first-order chi connectivity index (χ1) is 14.3. The molecule has 7 nitrogen and oxygen atoms in total. The van der Waals surface area contributed by atoms with Crippen molar-refractivity contribution in [3.05, 3.63) is 47.6 Å². The van der Waals surface area contributed by atoms with Gasteiger partial charge in [-0.1, -0.05) is 30.0 Å². The van der Waals surface area contributed by atoms with Crippen LogP contribution < -0.4 is 5.73 Å². The first kappa shape index (κ1) is 18.5. The van der Waals surface area contributed by atoms with Crippen molar-refractivity contribution in [1.82, 2.24) is 24.7 Å². The van der Waals surface area contributed by atoms with Crippen LogP contribution in [-0.4, -0.2) is 37.4 Å². The SMILES string of the molecule is Nc1nc(CSc2nnc(-c3cccs3)n2CC2CCCO2)nc2ccccc12. The Morgan fingerprint density at radius 2 is 2.10 bits per heavy atom. The van der Waals surface area contributed by atoms with Crippen molar-refractivity contribution < 1.29 is 4.74 Å². The number of benzene rings is 1. The Bertz CT molecular complexity index is 1120. The first-order valence-corrected chi connectivity index (χ1v) is 11.4. The van der Waals surface area contributed by atoms with E-state index in [0.29, 0.717) is 17.4 Å². The van der Waals surface area contributed by atoms with Crippen molar-refractivity contribution in [2.75, 3.05) is 12.3 Å². The van der Waals surface area contributed by atoms with Crippen molar-refractivity contribution in [3.63, 3.8) is 0 Å². The van der Waals surface area contributed by atoms with Crippen molar-refractivity contribution in [2.45, 2.75) is 36.4 Å². The van der Waals surface area contributed by atoms with E-state index in [0.717, 1.165) is 52.8 Å². The van der Waals surface area contributed by atoms with Crippen LogP contribution in [0.4, 0.5) is 5.82 Å². The summed E-state index contributed by atoms with van der Waals surface area (Å²) in [6.07, 6.45) is 2.38. The number of hydrogen-bond acceptors (Lipinski definition) is 8. The topological polar surface area (TPSA) is 91.7 Å². The number of aromatic nitrogens is 5. The van der Waals surface area contributed by atoms with Crippen LogP contribution in [0.15, 0.2) is 46.9 Å². The van der Waals surface area contributed by atoms with Gasteiger partial charge in [0.15, 0.2) is 11.0 Å². The number of anilines is 1. The summed E-state index contributed by atoms with van der Waals surface area (Å²) in [7, 11) is 0. The lowest BCUT2D eigenvalue weighted by Crippen LogP contribution is -2.16. The summed E-state index contributed by atoms with van der Waals surface area (Å²) in [6.45, 7) is 1.58. The lowest BCUT2D eigenvalue weighted by Gasteiger charge is -2.14. The molecule has 1 saturated heterocycles. The monoisotopic (exact) mass is 424 g/mol. The van der Waals surface area contributed by atoms with Gasteiger partial charge in [-0.05, 0) is 36.4 Å². The van der Waals surface area contributed by atoms with Gasteiger partial charge in [0.1, 0.15) is 11.6 Å². The maximum atomic E-state index is 6.12. The molecule has 0 aliphatic carbocycles. The number of nitrogen functional groups attached to an aromatic ring is 1. The summed E-state index contributed by atoms with van der Waals surface area (Å²) in [5, 5.41) is 12.7. The predicted molar refractivity (Wildman–Crippen MR) is 116 cm³/mol. The third-order valence-electron chi connectivity index (χ3n) is 4.88. The fraction of sp³-hybridized carbons (Fsp3) is 0.300. The van der Waals surface area contributed by atoms with Gasteiger partial charge in [0, 0.05) is 12.0 Å². The van der Waals surface area contributed by atoms with Gasteiger partial charge in [-0.3, -0.25) is 4.57 Å². The van der Waals surface area contributed by atoms with E-state index in [1.54, 1.807) is 23.1 Å². The number of hydrogen-bond donors (Lipinski definition) is 1. The van der Waals surface area contributed by atoms with Gasteiger partial charge in [-0.2, -0.15) is 0 Å². The van der Waals surface area contributed by atoms with E-state index in [9.17, 15) is 0 Å². The van der Waals surface area contributed by atoms with Gasteiger partial charge >= 0.3 is 0 Å². The standard InChI is InChI=1S/C20H20N6OS2/c21-18-14-6-1-2-7-15(14)22-17(23-18)12-29-20-25-24-19(16-8-4-10-28-16)26(20)11-13-5-3-9-27-13/h1-2,4,6-8,10,13H,3,5,9,11-12H2,(H2,21,22,23).